The third kappa shape index (κ3) is 4.86. The number of hydrogen-bond donors (Lipinski definition) is 2. The molecule has 2 N–H and O–H groups in total. The minimum Gasteiger partial charge on any atom is -0.366 e. The Morgan fingerprint density at radius 3 is 2.42 bits per heavy atom. The molecule has 0 saturated carbocycles. The van der Waals surface area contributed by atoms with Crippen LogP contribution in [-0.4, -0.2) is 23.2 Å². The lowest BCUT2D eigenvalue weighted by atomic mass is 10.2. The summed E-state index contributed by atoms with van der Waals surface area (Å²) in [4.78, 5) is 4.01. The highest BCUT2D eigenvalue weighted by Crippen LogP contribution is 2.19. The zero-order valence-corrected chi connectivity index (χ0v) is 16.9. The van der Waals surface area contributed by atoms with Crippen molar-refractivity contribution in [3.63, 3.8) is 0 Å². The van der Waals surface area contributed by atoms with E-state index >= 15 is 0 Å². The average molecular weight is 441 g/mol. The van der Waals surface area contributed by atoms with Crippen LogP contribution in [0.3, 0.4) is 0 Å². The summed E-state index contributed by atoms with van der Waals surface area (Å²) in [7, 11) is -3.99. The van der Waals surface area contributed by atoms with E-state index in [9.17, 15) is 17.2 Å². The second kappa shape index (κ2) is 8.52. The van der Waals surface area contributed by atoms with Gasteiger partial charge in [0.15, 0.2) is 11.6 Å². The Hall–Kier alpha value is -3.79. The average Bonchev–Trinajstić information content (AvgIpc) is 3.30. The lowest BCUT2D eigenvalue weighted by Gasteiger charge is -2.10. The van der Waals surface area contributed by atoms with Gasteiger partial charge in [0.05, 0.1) is 11.4 Å². The van der Waals surface area contributed by atoms with Crippen LogP contribution in [0.1, 0.15) is 5.56 Å². The molecule has 31 heavy (non-hydrogen) atoms. The first-order chi connectivity index (χ1) is 14.9. The molecule has 2 aromatic carbocycles. The Kier molecular flexibility index (Phi) is 5.63. The van der Waals surface area contributed by atoms with Crippen LogP contribution in [0.15, 0.2) is 84.1 Å². The molecule has 4 aromatic rings. The first-order valence-corrected chi connectivity index (χ1v) is 10.7. The largest absolute Gasteiger partial charge is 0.366 e. The van der Waals surface area contributed by atoms with Gasteiger partial charge < -0.3 is 5.32 Å². The first kappa shape index (κ1) is 20.5. The van der Waals surface area contributed by atoms with Crippen molar-refractivity contribution in [2.24, 2.45) is 0 Å². The molecule has 10 heteroatoms. The lowest BCUT2D eigenvalue weighted by molar-refractivity contribution is 0.509. The number of benzene rings is 2. The van der Waals surface area contributed by atoms with Crippen LogP contribution in [0.5, 0.6) is 0 Å². The Labute approximate surface area is 177 Å². The van der Waals surface area contributed by atoms with Crippen molar-refractivity contribution in [2.75, 3.05) is 10.0 Å². The molecule has 4 rings (SSSR count). The van der Waals surface area contributed by atoms with Gasteiger partial charge in [0.2, 0.25) is 0 Å². The highest BCUT2D eigenvalue weighted by molar-refractivity contribution is 7.92. The molecule has 2 heterocycles. The van der Waals surface area contributed by atoms with E-state index in [1.165, 1.54) is 18.3 Å². The molecule has 0 saturated heterocycles. The van der Waals surface area contributed by atoms with Crippen LogP contribution >= 0.6 is 0 Å². The van der Waals surface area contributed by atoms with E-state index < -0.39 is 21.7 Å². The molecule has 0 radical (unpaired) electrons. The lowest BCUT2D eigenvalue weighted by Crippen LogP contribution is -2.13. The highest BCUT2D eigenvalue weighted by atomic mass is 32.2. The van der Waals surface area contributed by atoms with Crippen molar-refractivity contribution in [1.82, 2.24) is 14.8 Å². The summed E-state index contributed by atoms with van der Waals surface area (Å²) >= 11 is 0. The topological polar surface area (TPSA) is 88.9 Å². The standard InChI is InChI=1S/C21H17F2N5O2S/c22-19-8-4-16(12-20(19)23)27-31(29,30)18-7-9-21(25-14-18)24-13-15-2-5-17(6-3-15)28-11-1-10-26-28/h1-12,14,27H,13H2,(H,24,25). The fourth-order valence-electron chi connectivity index (χ4n) is 2.80. The summed E-state index contributed by atoms with van der Waals surface area (Å²) < 4.78 is 55.1. The van der Waals surface area contributed by atoms with E-state index in [0.717, 1.165) is 29.4 Å². The number of rotatable bonds is 7. The van der Waals surface area contributed by atoms with Gasteiger partial charge >= 0.3 is 0 Å². The number of halogens is 2. The summed E-state index contributed by atoms with van der Waals surface area (Å²) in [5.74, 6) is -1.71. The van der Waals surface area contributed by atoms with Crippen LogP contribution in [0.2, 0.25) is 0 Å². The molecule has 0 fully saturated rings. The van der Waals surface area contributed by atoms with E-state index in [1.807, 2.05) is 36.5 Å². The zero-order chi connectivity index (χ0) is 21.8. The third-order valence-corrected chi connectivity index (χ3v) is 5.76. The Morgan fingerprint density at radius 1 is 0.968 bits per heavy atom. The van der Waals surface area contributed by atoms with Crippen LogP contribution in [0, 0.1) is 11.6 Å². The number of anilines is 2. The van der Waals surface area contributed by atoms with Gasteiger partial charge in [0, 0.05) is 31.2 Å². The highest BCUT2D eigenvalue weighted by Gasteiger charge is 2.16. The van der Waals surface area contributed by atoms with Crippen molar-refractivity contribution in [1.29, 1.82) is 0 Å². The smallest absolute Gasteiger partial charge is 0.263 e. The molecule has 0 aliphatic rings. The Balaban J connectivity index is 1.39. The van der Waals surface area contributed by atoms with Crippen molar-refractivity contribution in [3.8, 4) is 5.69 Å². The van der Waals surface area contributed by atoms with Crippen LogP contribution in [0.25, 0.3) is 5.69 Å². The summed E-state index contributed by atoms with van der Waals surface area (Å²) in [6.07, 6.45) is 4.75. The Bertz CT molecular complexity index is 1280. The van der Waals surface area contributed by atoms with E-state index in [4.69, 9.17) is 0 Å². The van der Waals surface area contributed by atoms with Gasteiger partial charge in [-0.2, -0.15) is 5.10 Å². The number of nitrogens with zero attached hydrogens (tertiary/aromatic N) is 3. The number of hydrogen-bond acceptors (Lipinski definition) is 5. The van der Waals surface area contributed by atoms with Gasteiger partial charge in [-0.15, -0.1) is 0 Å². The molecular formula is C21H17F2N5O2S. The molecule has 0 atom stereocenters. The molecule has 0 bridgehead atoms. The summed E-state index contributed by atoms with van der Waals surface area (Å²) in [5.41, 5.74) is 1.86. The van der Waals surface area contributed by atoms with Crippen LogP contribution in [-0.2, 0) is 16.6 Å². The van der Waals surface area contributed by atoms with Gasteiger partial charge in [-0.25, -0.2) is 26.9 Å². The molecule has 2 aromatic heterocycles. The molecule has 0 unspecified atom stereocenters. The predicted octanol–water partition coefficient (Wildman–Crippen LogP) is 3.96. The van der Waals surface area contributed by atoms with Crippen molar-refractivity contribution >= 4 is 21.5 Å². The second-order valence-corrected chi connectivity index (χ2v) is 8.27. The maximum absolute atomic E-state index is 13.3. The van der Waals surface area contributed by atoms with Crippen molar-refractivity contribution in [2.45, 2.75) is 11.4 Å². The van der Waals surface area contributed by atoms with E-state index in [0.29, 0.717) is 12.4 Å². The van der Waals surface area contributed by atoms with Gasteiger partial charge in [0.25, 0.3) is 10.0 Å². The van der Waals surface area contributed by atoms with E-state index in [-0.39, 0.29) is 10.6 Å². The maximum Gasteiger partial charge on any atom is 0.263 e. The van der Waals surface area contributed by atoms with Crippen molar-refractivity contribution < 1.29 is 17.2 Å². The molecule has 7 nitrogen and oxygen atoms in total. The maximum atomic E-state index is 13.3. The predicted molar refractivity (Wildman–Crippen MR) is 112 cm³/mol. The number of nitrogens with one attached hydrogen (secondary N) is 2. The fraction of sp³-hybridized carbons (Fsp3) is 0.0476. The molecule has 0 aliphatic heterocycles. The van der Waals surface area contributed by atoms with Gasteiger partial charge in [0.1, 0.15) is 10.7 Å². The minimum atomic E-state index is -3.99. The second-order valence-electron chi connectivity index (χ2n) is 6.58. The summed E-state index contributed by atoms with van der Waals surface area (Å²) in [6, 6.07) is 15.3. The number of aromatic nitrogens is 3. The first-order valence-electron chi connectivity index (χ1n) is 9.17. The van der Waals surface area contributed by atoms with Gasteiger partial charge in [-0.1, -0.05) is 12.1 Å². The number of sulfonamides is 1. The van der Waals surface area contributed by atoms with Crippen LogP contribution < -0.4 is 10.0 Å². The van der Waals surface area contributed by atoms with E-state index in [2.05, 4.69) is 20.1 Å². The van der Waals surface area contributed by atoms with Crippen LogP contribution in [0.4, 0.5) is 20.3 Å². The summed E-state index contributed by atoms with van der Waals surface area (Å²) in [6.45, 7) is 0.492. The molecular weight excluding hydrogens is 424 g/mol. The Morgan fingerprint density at radius 2 is 1.77 bits per heavy atom. The SMILES string of the molecule is O=S(=O)(Nc1ccc(F)c(F)c1)c1ccc(NCc2ccc(-n3cccn3)cc2)nc1. The quantitative estimate of drug-likeness (QED) is 0.453. The molecule has 0 aliphatic carbocycles. The minimum absolute atomic E-state index is 0.0836. The van der Waals surface area contributed by atoms with Crippen molar-refractivity contribution in [3.05, 3.63) is 96.5 Å². The zero-order valence-electron chi connectivity index (χ0n) is 16.0. The molecule has 0 spiro atoms. The van der Waals surface area contributed by atoms with E-state index in [1.54, 1.807) is 10.9 Å². The molecule has 158 valence electrons. The molecule has 0 amide bonds. The summed E-state index contributed by atoms with van der Waals surface area (Å²) in [5, 5.41) is 7.29. The van der Waals surface area contributed by atoms with Gasteiger partial charge in [-0.05, 0) is 48.0 Å². The number of pyridine rings is 1. The normalized spacial score (nSPS) is 11.3. The fourth-order valence-corrected chi connectivity index (χ4v) is 3.79. The van der Waals surface area contributed by atoms with Gasteiger partial charge in [-0.3, -0.25) is 4.72 Å². The monoisotopic (exact) mass is 441 g/mol. The third-order valence-electron chi connectivity index (χ3n) is 4.40.